The van der Waals surface area contributed by atoms with Crippen molar-refractivity contribution in [2.45, 2.75) is 63.9 Å². The number of benzene rings is 3. The molecular formula is C41H35Cl3N6O6. The number of nitrogens with one attached hydrogen (secondary N) is 3. The maximum absolute atomic E-state index is 14.2. The molecule has 0 fully saturated rings. The third kappa shape index (κ3) is 4.76. The van der Waals surface area contributed by atoms with Crippen molar-refractivity contribution in [3.63, 3.8) is 0 Å². The Labute approximate surface area is 335 Å². The first-order chi connectivity index (χ1) is 26.8. The standard InChI is InChI=1S/C41H35Cl3N6O6/c1-15(2)28-38-47-30-33(56-38)41-21-11-17(12-23(36(52)46-28)45-37(53)31(51)16(3)4)9-10-25(21)54-40(41)48-29-20(13-18(42)14-22(29)41)19-7-6-8-24-26(19)27(35(44)50(24)5)32-34(43)49-39(30)55-32/h6-11,13-16,23,28,31,40,48,51H,12H2,1-5H3,(H,45,53)(H,46,52)/t23-,28-,31-,40?,41+/m0/s1. The van der Waals surface area contributed by atoms with E-state index in [0.29, 0.717) is 27.2 Å². The zero-order chi connectivity index (χ0) is 39.1. The van der Waals surface area contributed by atoms with Crippen LogP contribution in [0.4, 0.5) is 5.69 Å². The zero-order valence-corrected chi connectivity index (χ0v) is 33.0. The van der Waals surface area contributed by atoms with Crippen molar-refractivity contribution in [2.75, 3.05) is 5.32 Å². The van der Waals surface area contributed by atoms with Crippen molar-refractivity contribution in [1.29, 1.82) is 0 Å². The van der Waals surface area contributed by atoms with Gasteiger partial charge in [-0.15, -0.1) is 0 Å². The van der Waals surface area contributed by atoms with E-state index < -0.39 is 41.6 Å². The molecule has 0 saturated carbocycles. The maximum atomic E-state index is 14.2. The molecule has 7 heterocycles. The van der Waals surface area contributed by atoms with Gasteiger partial charge in [0.25, 0.3) is 5.89 Å². The minimum absolute atomic E-state index is 0.0730. The molecule has 0 aliphatic carbocycles. The fourth-order valence-electron chi connectivity index (χ4n) is 8.78. The summed E-state index contributed by atoms with van der Waals surface area (Å²) in [4.78, 5) is 37.3. The van der Waals surface area contributed by atoms with Crippen molar-refractivity contribution in [3.05, 3.63) is 92.2 Å². The molecule has 0 saturated heterocycles. The molecule has 3 aromatic heterocycles. The van der Waals surface area contributed by atoms with Gasteiger partial charge in [0.2, 0.25) is 17.7 Å². The van der Waals surface area contributed by atoms with Gasteiger partial charge in [-0.05, 0) is 47.2 Å². The predicted molar refractivity (Wildman–Crippen MR) is 211 cm³/mol. The van der Waals surface area contributed by atoms with Gasteiger partial charge < -0.3 is 39.2 Å². The molecule has 10 rings (SSSR count). The number of oxazole rings is 2. The van der Waals surface area contributed by atoms with Crippen molar-refractivity contribution < 1.29 is 28.3 Å². The number of aliphatic hydroxyl groups excluding tert-OH is 1. The second-order valence-corrected chi connectivity index (χ2v) is 16.8. The summed E-state index contributed by atoms with van der Waals surface area (Å²) in [6.07, 6.45) is -1.97. The van der Waals surface area contributed by atoms with Gasteiger partial charge in [-0.3, -0.25) is 9.59 Å². The summed E-state index contributed by atoms with van der Waals surface area (Å²) in [6, 6.07) is 13.6. The lowest BCUT2D eigenvalue weighted by atomic mass is 9.72. The fraction of sp³-hybridized carbons (Fsp3) is 0.317. The molecule has 12 nitrogen and oxygen atoms in total. The number of fused-ring (bicyclic) bond motifs is 7. The molecule has 6 aromatic rings. The molecule has 286 valence electrons. The van der Waals surface area contributed by atoms with Gasteiger partial charge in [0.05, 0.1) is 11.1 Å². The summed E-state index contributed by atoms with van der Waals surface area (Å²) in [6.45, 7) is 7.33. The minimum atomic E-state index is -1.31. The number of nitrogens with zero attached hydrogens (tertiary/aromatic N) is 3. The van der Waals surface area contributed by atoms with E-state index in [1.807, 2.05) is 74.0 Å². The van der Waals surface area contributed by atoms with Crippen molar-refractivity contribution in [2.24, 2.45) is 18.9 Å². The number of anilines is 1. The quantitative estimate of drug-likeness (QED) is 0.140. The van der Waals surface area contributed by atoms with Crippen molar-refractivity contribution in [3.8, 4) is 39.8 Å². The molecule has 0 radical (unpaired) electrons. The summed E-state index contributed by atoms with van der Waals surface area (Å²) in [5.74, 6) is -0.318. The number of carbonyl (C=O) groups is 2. The van der Waals surface area contributed by atoms with Crippen LogP contribution in [0, 0.1) is 11.8 Å². The topological polar surface area (TPSA) is 157 Å². The molecule has 3 aromatic carbocycles. The molecule has 1 spiro atoms. The Balaban J connectivity index is 1.32. The third-order valence-electron chi connectivity index (χ3n) is 11.6. The second kappa shape index (κ2) is 12.2. The molecule has 4 aliphatic heterocycles. The summed E-state index contributed by atoms with van der Waals surface area (Å²) in [5.41, 5.74) is 4.98. The van der Waals surface area contributed by atoms with Crippen LogP contribution in [-0.2, 0) is 28.5 Å². The highest BCUT2D eigenvalue weighted by atomic mass is 35.5. The van der Waals surface area contributed by atoms with Crippen LogP contribution in [0.3, 0.4) is 0 Å². The Bertz CT molecular complexity index is 2700. The smallest absolute Gasteiger partial charge is 0.250 e. The average molecular weight is 814 g/mol. The molecular weight excluding hydrogens is 779 g/mol. The normalized spacial score (nSPS) is 21.9. The van der Waals surface area contributed by atoms with Gasteiger partial charge in [0, 0.05) is 46.3 Å². The van der Waals surface area contributed by atoms with Crippen LogP contribution in [0.25, 0.3) is 44.9 Å². The van der Waals surface area contributed by atoms with Gasteiger partial charge in [0.15, 0.2) is 28.6 Å². The summed E-state index contributed by atoms with van der Waals surface area (Å²) in [5, 5.41) is 22.0. The van der Waals surface area contributed by atoms with Crippen LogP contribution in [0.1, 0.15) is 62.1 Å². The van der Waals surface area contributed by atoms with Gasteiger partial charge in [-0.2, -0.15) is 4.98 Å². The first-order valence-electron chi connectivity index (χ1n) is 18.4. The number of halogens is 3. The summed E-state index contributed by atoms with van der Waals surface area (Å²) >= 11 is 21.3. The molecule has 56 heavy (non-hydrogen) atoms. The number of carbonyl (C=O) groups excluding carboxylic acids is 2. The van der Waals surface area contributed by atoms with Crippen LogP contribution in [0.2, 0.25) is 15.3 Å². The highest BCUT2D eigenvalue weighted by Crippen LogP contribution is 2.62. The SMILES string of the molecule is CC(C)[C@H](O)C(=O)N[C@H]1Cc2ccc3c(c2)[C@]24c5cc(Cl)cc(c5NC2O3)-c2cccc3c2c(c(Cl)n3C)-c2oc(nc2Cl)-c2nc(oc24)[C@H](C(C)C)NC1=O. The van der Waals surface area contributed by atoms with Gasteiger partial charge in [-0.25, -0.2) is 4.98 Å². The second-order valence-electron chi connectivity index (χ2n) is 15.6. The lowest BCUT2D eigenvalue weighted by Gasteiger charge is -2.29. The number of amides is 2. The zero-order valence-electron chi connectivity index (χ0n) is 30.8. The lowest BCUT2D eigenvalue weighted by Crippen LogP contribution is -2.52. The Hall–Kier alpha value is -5.01. The first kappa shape index (κ1) is 35.4. The van der Waals surface area contributed by atoms with E-state index >= 15 is 0 Å². The maximum Gasteiger partial charge on any atom is 0.250 e. The van der Waals surface area contributed by atoms with E-state index in [9.17, 15) is 14.7 Å². The van der Waals surface area contributed by atoms with Gasteiger partial charge in [0.1, 0.15) is 34.5 Å². The fourth-order valence-corrected chi connectivity index (χ4v) is 9.48. The first-order valence-corrected chi connectivity index (χ1v) is 19.6. The number of hydrogen-bond donors (Lipinski definition) is 4. The van der Waals surface area contributed by atoms with Crippen LogP contribution >= 0.6 is 34.8 Å². The van der Waals surface area contributed by atoms with Gasteiger partial charge in [-0.1, -0.05) is 86.8 Å². The summed E-state index contributed by atoms with van der Waals surface area (Å²) in [7, 11) is 1.87. The van der Waals surface area contributed by atoms with E-state index in [0.717, 1.165) is 44.4 Å². The van der Waals surface area contributed by atoms with E-state index in [1.54, 1.807) is 13.8 Å². The Kier molecular flexibility index (Phi) is 7.74. The number of aliphatic hydroxyl groups is 1. The Morgan fingerprint density at radius 1 is 1.02 bits per heavy atom. The van der Waals surface area contributed by atoms with E-state index in [-0.39, 0.29) is 46.6 Å². The lowest BCUT2D eigenvalue weighted by molar-refractivity contribution is -0.135. The highest BCUT2D eigenvalue weighted by Gasteiger charge is 2.62. The number of hydrogen-bond acceptors (Lipinski definition) is 9. The number of ether oxygens (including phenoxy) is 1. The van der Waals surface area contributed by atoms with E-state index in [2.05, 4.69) is 16.0 Å². The molecule has 4 N–H and O–H groups in total. The van der Waals surface area contributed by atoms with Crippen molar-refractivity contribution >= 4 is 63.2 Å². The van der Waals surface area contributed by atoms with E-state index in [4.69, 9.17) is 58.3 Å². The molecule has 4 aliphatic rings. The largest absolute Gasteiger partial charge is 0.469 e. The molecule has 15 heteroatoms. The number of aromatic nitrogens is 3. The molecule has 1 unspecified atom stereocenters. The Morgan fingerprint density at radius 3 is 2.59 bits per heavy atom. The van der Waals surface area contributed by atoms with Gasteiger partial charge >= 0.3 is 0 Å². The molecule has 10 bridgehead atoms. The third-order valence-corrected chi connectivity index (χ3v) is 12.5. The van der Waals surface area contributed by atoms with Crippen LogP contribution in [-0.4, -0.2) is 49.8 Å². The predicted octanol–water partition coefficient (Wildman–Crippen LogP) is 7.78. The Morgan fingerprint density at radius 2 is 1.82 bits per heavy atom. The monoisotopic (exact) mass is 812 g/mol. The molecule has 2 amide bonds. The van der Waals surface area contributed by atoms with Crippen LogP contribution in [0.5, 0.6) is 5.75 Å². The molecule has 5 atom stereocenters. The van der Waals surface area contributed by atoms with Crippen LogP contribution < -0.4 is 20.7 Å². The summed E-state index contributed by atoms with van der Waals surface area (Å²) < 4.78 is 22.3. The van der Waals surface area contributed by atoms with Crippen LogP contribution in [0.15, 0.2) is 57.4 Å². The highest BCUT2D eigenvalue weighted by molar-refractivity contribution is 6.38. The minimum Gasteiger partial charge on any atom is -0.469 e. The average Bonchev–Trinajstić information content (AvgIpc) is 3.95. The van der Waals surface area contributed by atoms with Crippen molar-refractivity contribution in [1.82, 2.24) is 25.2 Å². The number of aryl methyl sites for hydroxylation is 1. The van der Waals surface area contributed by atoms with E-state index in [1.165, 1.54) is 0 Å². The number of rotatable bonds is 4.